The van der Waals surface area contributed by atoms with Crippen molar-refractivity contribution in [2.24, 2.45) is 5.41 Å². The molecule has 40 heavy (non-hydrogen) atoms. The number of nitrogens with zero attached hydrogens (tertiary/aromatic N) is 3. The van der Waals surface area contributed by atoms with Crippen molar-refractivity contribution >= 4 is 11.9 Å². The molecule has 3 heterocycles. The van der Waals surface area contributed by atoms with E-state index in [1.807, 2.05) is 18.3 Å². The molecule has 1 aromatic heterocycles. The standard InChI is InChI=1S/C22H29N3O.2C2HF3O2/c1-26-21-7-4-5-19(15-21)16-24-12-8-22(9-13-24)10-14-25(18-22)17-20-6-2-3-11-23-20;2*3-2(4,5)1(6)7/h2-7,11,15H,8-10,12-14,16-18H2,1H3;2*(H,6,7). The van der Waals surface area contributed by atoms with Crippen molar-refractivity contribution in [1.29, 1.82) is 0 Å². The first-order valence-electron chi connectivity index (χ1n) is 12.2. The Morgan fingerprint density at radius 2 is 1.43 bits per heavy atom. The van der Waals surface area contributed by atoms with Crippen LogP contribution in [0.1, 0.15) is 30.5 Å². The molecule has 0 unspecified atom stereocenters. The van der Waals surface area contributed by atoms with E-state index in [0.29, 0.717) is 5.41 Å². The highest BCUT2D eigenvalue weighted by atomic mass is 19.4. The van der Waals surface area contributed by atoms with Crippen LogP contribution in [0.5, 0.6) is 5.75 Å². The lowest BCUT2D eigenvalue weighted by atomic mass is 9.77. The fourth-order valence-corrected chi connectivity index (χ4v) is 4.51. The molecule has 2 N–H and O–H groups in total. The first-order chi connectivity index (χ1) is 18.6. The molecule has 0 amide bonds. The highest BCUT2D eigenvalue weighted by Crippen LogP contribution is 2.41. The van der Waals surface area contributed by atoms with Gasteiger partial charge in [-0.1, -0.05) is 18.2 Å². The van der Waals surface area contributed by atoms with Gasteiger partial charge in [-0.25, -0.2) is 9.59 Å². The van der Waals surface area contributed by atoms with Gasteiger partial charge in [0.2, 0.25) is 0 Å². The Balaban J connectivity index is 0.000000333. The average molecular weight is 580 g/mol. The number of carbonyl (C=O) groups is 2. The number of pyridine rings is 1. The van der Waals surface area contributed by atoms with E-state index in [4.69, 9.17) is 24.5 Å². The number of benzene rings is 1. The molecule has 1 spiro atoms. The Hall–Kier alpha value is -3.39. The first kappa shape index (κ1) is 32.8. The lowest BCUT2D eigenvalue weighted by molar-refractivity contribution is -0.193. The van der Waals surface area contributed by atoms with Crippen molar-refractivity contribution < 1.29 is 50.9 Å². The molecule has 2 aliphatic rings. The van der Waals surface area contributed by atoms with Crippen molar-refractivity contribution in [3.05, 3.63) is 59.9 Å². The van der Waals surface area contributed by atoms with E-state index in [-0.39, 0.29) is 0 Å². The van der Waals surface area contributed by atoms with Gasteiger partial charge in [0.1, 0.15) is 5.75 Å². The van der Waals surface area contributed by atoms with Crippen LogP contribution in [0.4, 0.5) is 26.3 Å². The maximum atomic E-state index is 10.6. The average Bonchev–Trinajstić information content (AvgIpc) is 3.27. The van der Waals surface area contributed by atoms with Crippen LogP contribution >= 0.6 is 0 Å². The number of halogens is 6. The monoisotopic (exact) mass is 579 g/mol. The van der Waals surface area contributed by atoms with Crippen LogP contribution < -0.4 is 4.74 Å². The number of carboxylic acids is 2. The van der Waals surface area contributed by atoms with Crippen LogP contribution in [0, 0.1) is 5.41 Å². The molecule has 2 aromatic rings. The number of methoxy groups -OCH3 is 1. The fourth-order valence-electron chi connectivity index (χ4n) is 4.51. The maximum absolute atomic E-state index is 10.6. The van der Waals surface area contributed by atoms with Crippen LogP contribution in [-0.2, 0) is 22.7 Å². The van der Waals surface area contributed by atoms with Crippen LogP contribution in [0.15, 0.2) is 48.7 Å². The minimum atomic E-state index is -5.08. The molecule has 1 aromatic carbocycles. The molecule has 4 rings (SSSR count). The van der Waals surface area contributed by atoms with Gasteiger partial charge in [-0.3, -0.25) is 14.8 Å². The third kappa shape index (κ3) is 11.0. The molecule has 2 fully saturated rings. The number of rotatable bonds is 5. The number of hydrogen-bond acceptors (Lipinski definition) is 6. The normalized spacial score (nSPS) is 17.3. The number of ether oxygens (including phenoxy) is 1. The van der Waals surface area contributed by atoms with Gasteiger partial charge in [0.05, 0.1) is 12.8 Å². The summed E-state index contributed by atoms with van der Waals surface area (Å²) in [4.78, 5) is 27.5. The summed E-state index contributed by atoms with van der Waals surface area (Å²) in [5, 5.41) is 14.2. The lowest BCUT2D eigenvalue weighted by Gasteiger charge is -2.39. The molecule has 0 saturated carbocycles. The molecule has 0 bridgehead atoms. The minimum absolute atomic E-state index is 0.527. The quantitative estimate of drug-likeness (QED) is 0.485. The Kier molecular flexibility index (Phi) is 11.7. The third-order valence-corrected chi connectivity index (χ3v) is 6.57. The zero-order valence-corrected chi connectivity index (χ0v) is 21.7. The van der Waals surface area contributed by atoms with E-state index in [2.05, 4.69) is 45.1 Å². The zero-order chi connectivity index (χ0) is 30.0. The second-order valence-corrected chi connectivity index (χ2v) is 9.52. The number of hydrogen-bond donors (Lipinski definition) is 2. The summed E-state index contributed by atoms with van der Waals surface area (Å²) in [7, 11) is 1.74. The molecule has 0 atom stereocenters. The van der Waals surface area contributed by atoms with Gasteiger partial charge in [-0.15, -0.1) is 0 Å². The van der Waals surface area contributed by atoms with Crippen LogP contribution in [-0.4, -0.2) is 82.6 Å². The van der Waals surface area contributed by atoms with Crippen LogP contribution in [0.25, 0.3) is 0 Å². The molecule has 0 aliphatic carbocycles. The summed E-state index contributed by atoms with van der Waals surface area (Å²) in [5.41, 5.74) is 3.07. The van der Waals surface area contributed by atoms with Crippen molar-refractivity contribution in [2.45, 2.75) is 44.7 Å². The lowest BCUT2D eigenvalue weighted by Crippen LogP contribution is -2.41. The second-order valence-electron chi connectivity index (χ2n) is 9.52. The molecular formula is C26H31F6N3O5. The number of piperidine rings is 1. The van der Waals surface area contributed by atoms with E-state index in [0.717, 1.165) is 18.8 Å². The van der Waals surface area contributed by atoms with E-state index in [1.54, 1.807) is 7.11 Å². The predicted molar refractivity (Wildman–Crippen MR) is 131 cm³/mol. The molecule has 222 valence electrons. The van der Waals surface area contributed by atoms with E-state index >= 15 is 0 Å². The highest BCUT2D eigenvalue weighted by molar-refractivity contribution is 5.73. The van der Waals surface area contributed by atoms with Gasteiger partial charge in [0.25, 0.3) is 0 Å². The van der Waals surface area contributed by atoms with Gasteiger partial charge in [0.15, 0.2) is 0 Å². The van der Waals surface area contributed by atoms with E-state index < -0.39 is 24.3 Å². The van der Waals surface area contributed by atoms with Crippen molar-refractivity contribution in [1.82, 2.24) is 14.8 Å². The zero-order valence-electron chi connectivity index (χ0n) is 21.7. The summed E-state index contributed by atoms with van der Waals surface area (Å²) >= 11 is 0. The van der Waals surface area contributed by atoms with E-state index in [9.17, 15) is 26.3 Å². The number of likely N-dealkylation sites (tertiary alicyclic amines) is 2. The van der Waals surface area contributed by atoms with Crippen LogP contribution in [0.3, 0.4) is 0 Å². The summed E-state index contributed by atoms with van der Waals surface area (Å²) in [6.07, 6.45) is -4.30. The Morgan fingerprint density at radius 1 is 0.875 bits per heavy atom. The summed E-state index contributed by atoms with van der Waals surface area (Å²) < 4.78 is 68.8. The van der Waals surface area contributed by atoms with Gasteiger partial charge < -0.3 is 14.9 Å². The molecule has 14 heteroatoms. The molecule has 0 radical (unpaired) electrons. The number of alkyl halides is 6. The predicted octanol–water partition coefficient (Wildman–Crippen LogP) is 4.84. The largest absolute Gasteiger partial charge is 0.497 e. The van der Waals surface area contributed by atoms with Gasteiger partial charge in [0, 0.05) is 25.8 Å². The first-order valence-corrected chi connectivity index (χ1v) is 12.2. The minimum Gasteiger partial charge on any atom is -0.497 e. The number of aliphatic carboxylic acids is 2. The summed E-state index contributed by atoms with van der Waals surface area (Å²) in [6, 6.07) is 14.7. The summed E-state index contributed by atoms with van der Waals surface area (Å²) in [5.74, 6) is -4.56. The molecule has 8 nitrogen and oxygen atoms in total. The van der Waals surface area contributed by atoms with Crippen molar-refractivity contribution in [3.63, 3.8) is 0 Å². The van der Waals surface area contributed by atoms with Gasteiger partial charge in [-0.2, -0.15) is 26.3 Å². The maximum Gasteiger partial charge on any atom is 0.490 e. The molecule has 2 saturated heterocycles. The van der Waals surface area contributed by atoms with Gasteiger partial charge in [-0.05, 0) is 74.1 Å². The van der Waals surface area contributed by atoms with Crippen molar-refractivity contribution in [3.8, 4) is 5.75 Å². The molecular weight excluding hydrogens is 548 g/mol. The third-order valence-electron chi connectivity index (χ3n) is 6.57. The number of aromatic nitrogens is 1. The number of carboxylic acid groups (broad SMARTS) is 2. The van der Waals surface area contributed by atoms with E-state index in [1.165, 1.54) is 56.7 Å². The molecule has 2 aliphatic heterocycles. The Bertz CT molecular complexity index is 1070. The Labute approximate surface area is 227 Å². The smallest absolute Gasteiger partial charge is 0.490 e. The fraction of sp³-hybridized carbons (Fsp3) is 0.500. The summed E-state index contributed by atoms with van der Waals surface area (Å²) in [6.45, 7) is 6.88. The second kappa shape index (κ2) is 14.3. The topological polar surface area (TPSA) is 103 Å². The SMILES string of the molecule is COc1cccc(CN2CCC3(CC2)CCN(Cc2ccccn2)C3)c1.O=C(O)C(F)(F)F.O=C(O)C(F)(F)F. The van der Waals surface area contributed by atoms with Crippen molar-refractivity contribution in [2.75, 3.05) is 33.3 Å². The van der Waals surface area contributed by atoms with Gasteiger partial charge >= 0.3 is 24.3 Å². The highest BCUT2D eigenvalue weighted by Gasteiger charge is 2.41. The van der Waals surface area contributed by atoms with Crippen LogP contribution in [0.2, 0.25) is 0 Å². The Morgan fingerprint density at radius 3 is 1.90 bits per heavy atom.